The standard InChI is InChI=1S/C23H33N5O/c1-2-3-4-5-6-7-8-9-10-11-16-29-19-14-12-18(13-15-19)21-20(17-24)22(25)28-23(26)27-21/h12-15H,2-11,16H2,1H3,(H4,25,26,27,28). The van der Waals surface area contributed by atoms with Crippen LogP contribution in [-0.2, 0) is 0 Å². The molecule has 0 fully saturated rings. The number of nitriles is 1. The van der Waals surface area contributed by atoms with Gasteiger partial charge in [0.1, 0.15) is 23.2 Å². The van der Waals surface area contributed by atoms with Crippen molar-refractivity contribution in [1.29, 1.82) is 5.26 Å². The van der Waals surface area contributed by atoms with Crippen molar-refractivity contribution in [3.8, 4) is 23.1 Å². The minimum Gasteiger partial charge on any atom is -0.494 e. The van der Waals surface area contributed by atoms with Crippen LogP contribution in [0.4, 0.5) is 11.8 Å². The lowest BCUT2D eigenvalue weighted by Crippen LogP contribution is -2.05. The van der Waals surface area contributed by atoms with Crippen molar-refractivity contribution in [2.45, 2.75) is 71.1 Å². The van der Waals surface area contributed by atoms with Gasteiger partial charge in [-0.1, -0.05) is 64.7 Å². The van der Waals surface area contributed by atoms with Crippen molar-refractivity contribution in [1.82, 2.24) is 9.97 Å². The number of unbranched alkanes of at least 4 members (excludes halogenated alkanes) is 9. The highest BCUT2D eigenvalue weighted by atomic mass is 16.5. The van der Waals surface area contributed by atoms with E-state index in [1.165, 1.54) is 57.8 Å². The Balaban J connectivity index is 1.70. The van der Waals surface area contributed by atoms with Crippen LogP contribution in [0.3, 0.4) is 0 Å². The Morgan fingerprint density at radius 2 is 1.45 bits per heavy atom. The normalized spacial score (nSPS) is 10.6. The van der Waals surface area contributed by atoms with Gasteiger partial charge in [0.2, 0.25) is 5.95 Å². The summed E-state index contributed by atoms with van der Waals surface area (Å²) in [6, 6.07) is 9.51. The lowest BCUT2D eigenvalue weighted by molar-refractivity contribution is 0.304. The molecule has 1 heterocycles. The number of ether oxygens (including phenoxy) is 1. The van der Waals surface area contributed by atoms with E-state index in [2.05, 4.69) is 16.9 Å². The fourth-order valence-corrected chi connectivity index (χ4v) is 3.30. The molecule has 0 saturated heterocycles. The van der Waals surface area contributed by atoms with Gasteiger partial charge in [0.15, 0.2) is 0 Å². The number of hydrogen-bond donors (Lipinski definition) is 2. The van der Waals surface area contributed by atoms with E-state index in [1.807, 2.05) is 30.3 Å². The maximum absolute atomic E-state index is 9.30. The van der Waals surface area contributed by atoms with Crippen LogP contribution < -0.4 is 16.2 Å². The van der Waals surface area contributed by atoms with E-state index >= 15 is 0 Å². The van der Waals surface area contributed by atoms with Crippen molar-refractivity contribution < 1.29 is 4.74 Å². The molecule has 1 aromatic carbocycles. The molecule has 0 aliphatic carbocycles. The van der Waals surface area contributed by atoms with Gasteiger partial charge in [-0.25, -0.2) is 4.98 Å². The van der Waals surface area contributed by atoms with Gasteiger partial charge in [-0.2, -0.15) is 10.2 Å². The fraction of sp³-hybridized carbons (Fsp3) is 0.522. The molecule has 0 amide bonds. The number of nitrogens with two attached hydrogens (primary N) is 2. The quantitative estimate of drug-likeness (QED) is 0.434. The van der Waals surface area contributed by atoms with Gasteiger partial charge < -0.3 is 16.2 Å². The Kier molecular flexibility index (Phi) is 9.77. The number of nitrogens with zero attached hydrogens (tertiary/aromatic N) is 3. The topological polar surface area (TPSA) is 111 Å². The summed E-state index contributed by atoms with van der Waals surface area (Å²) in [6.45, 7) is 2.97. The summed E-state index contributed by atoms with van der Waals surface area (Å²) in [7, 11) is 0. The van der Waals surface area contributed by atoms with E-state index < -0.39 is 0 Å². The zero-order chi connectivity index (χ0) is 20.9. The summed E-state index contributed by atoms with van der Waals surface area (Å²) in [6.07, 6.45) is 13.1. The second-order valence-electron chi connectivity index (χ2n) is 7.36. The summed E-state index contributed by atoms with van der Waals surface area (Å²) in [5.41, 5.74) is 12.9. The van der Waals surface area contributed by atoms with Crippen molar-refractivity contribution in [2.75, 3.05) is 18.1 Å². The van der Waals surface area contributed by atoms with Gasteiger partial charge in [-0.05, 0) is 30.7 Å². The maximum Gasteiger partial charge on any atom is 0.222 e. The van der Waals surface area contributed by atoms with Crippen LogP contribution in [0, 0.1) is 11.3 Å². The van der Waals surface area contributed by atoms with E-state index in [4.69, 9.17) is 16.2 Å². The van der Waals surface area contributed by atoms with Crippen LogP contribution in [0.5, 0.6) is 5.75 Å². The third kappa shape index (κ3) is 7.61. The van der Waals surface area contributed by atoms with Crippen LogP contribution in [0.1, 0.15) is 76.7 Å². The van der Waals surface area contributed by atoms with E-state index in [0.717, 1.165) is 17.7 Å². The molecule has 6 heteroatoms. The van der Waals surface area contributed by atoms with E-state index in [-0.39, 0.29) is 17.3 Å². The van der Waals surface area contributed by atoms with Crippen LogP contribution in [-0.4, -0.2) is 16.6 Å². The van der Waals surface area contributed by atoms with Gasteiger partial charge in [0.05, 0.1) is 12.3 Å². The zero-order valence-corrected chi connectivity index (χ0v) is 17.5. The molecule has 0 saturated carbocycles. The smallest absolute Gasteiger partial charge is 0.222 e. The maximum atomic E-state index is 9.30. The van der Waals surface area contributed by atoms with Crippen LogP contribution in [0.15, 0.2) is 24.3 Å². The van der Waals surface area contributed by atoms with E-state index in [0.29, 0.717) is 12.3 Å². The Bertz CT molecular complexity index is 783. The highest BCUT2D eigenvalue weighted by molar-refractivity contribution is 5.73. The zero-order valence-electron chi connectivity index (χ0n) is 17.5. The molecule has 29 heavy (non-hydrogen) atoms. The van der Waals surface area contributed by atoms with Gasteiger partial charge in [-0.3, -0.25) is 0 Å². The Hall–Kier alpha value is -2.81. The molecule has 6 nitrogen and oxygen atoms in total. The Labute approximate surface area is 174 Å². The van der Waals surface area contributed by atoms with E-state index in [9.17, 15) is 5.26 Å². The molecule has 0 spiro atoms. The second-order valence-corrected chi connectivity index (χ2v) is 7.36. The largest absolute Gasteiger partial charge is 0.494 e. The minimum atomic E-state index is 0.0535. The molecule has 156 valence electrons. The molecule has 0 aliphatic rings. The lowest BCUT2D eigenvalue weighted by atomic mass is 10.1. The molecular formula is C23H33N5O. The van der Waals surface area contributed by atoms with Gasteiger partial charge in [-0.15, -0.1) is 0 Å². The molecule has 1 aromatic heterocycles. The highest BCUT2D eigenvalue weighted by Crippen LogP contribution is 2.27. The molecule has 4 N–H and O–H groups in total. The van der Waals surface area contributed by atoms with Crippen molar-refractivity contribution in [3.05, 3.63) is 29.8 Å². The highest BCUT2D eigenvalue weighted by Gasteiger charge is 2.13. The number of anilines is 2. The fourth-order valence-electron chi connectivity index (χ4n) is 3.30. The molecule has 0 bridgehead atoms. The summed E-state index contributed by atoms with van der Waals surface area (Å²) in [5.74, 6) is 0.951. The van der Waals surface area contributed by atoms with Gasteiger partial charge in [0.25, 0.3) is 0 Å². The number of nitrogen functional groups attached to an aromatic ring is 2. The molecule has 0 atom stereocenters. The summed E-state index contributed by atoms with van der Waals surface area (Å²) in [5, 5.41) is 9.30. The molecule has 2 aromatic rings. The number of aromatic nitrogens is 2. The van der Waals surface area contributed by atoms with Crippen LogP contribution >= 0.6 is 0 Å². The molecular weight excluding hydrogens is 362 g/mol. The molecule has 0 unspecified atom stereocenters. The number of hydrogen-bond acceptors (Lipinski definition) is 6. The average molecular weight is 396 g/mol. The first-order chi connectivity index (χ1) is 14.2. The first-order valence-electron chi connectivity index (χ1n) is 10.7. The molecule has 2 rings (SSSR count). The monoisotopic (exact) mass is 395 g/mol. The first-order valence-corrected chi connectivity index (χ1v) is 10.7. The lowest BCUT2D eigenvalue weighted by Gasteiger charge is -2.09. The SMILES string of the molecule is CCCCCCCCCCCCOc1ccc(-c2nc(N)nc(N)c2C#N)cc1. The third-order valence-corrected chi connectivity index (χ3v) is 4.96. The number of benzene rings is 1. The molecule has 0 radical (unpaired) electrons. The third-order valence-electron chi connectivity index (χ3n) is 4.96. The molecule has 0 aliphatic heterocycles. The minimum absolute atomic E-state index is 0.0535. The van der Waals surface area contributed by atoms with Crippen molar-refractivity contribution >= 4 is 11.8 Å². The van der Waals surface area contributed by atoms with Gasteiger partial charge in [0, 0.05) is 5.56 Å². The summed E-state index contributed by atoms with van der Waals surface area (Å²) < 4.78 is 5.83. The first kappa shape index (κ1) is 22.5. The second kappa shape index (κ2) is 12.6. The Morgan fingerprint density at radius 3 is 2.03 bits per heavy atom. The summed E-state index contributed by atoms with van der Waals surface area (Å²) in [4.78, 5) is 8.00. The van der Waals surface area contributed by atoms with Gasteiger partial charge >= 0.3 is 0 Å². The predicted octanol–water partition coefficient (Wildman–Crippen LogP) is 5.48. The summed E-state index contributed by atoms with van der Waals surface area (Å²) >= 11 is 0. The van der Waals surface area contributed by atoms with E-state index in [1.54, 1.807) is 0 Å². The van der Waals surface area contributed by atoms with Crippen molar-refractivity contribution in [3.63, 3.8) is 0 Å². The van der Waals surface area contributed by atoms with Crippen LogP contribution in [0.25, 0.3) is 11.3 Å². The van der Waals surface area contributed by atoms with Crippen LogP contribution in [0.2, 0.25) is 0 Å². The number of rotatable bonds is 13. The average Bonchev–Trinajstić information content (AvgIpc) is 2.72. The Morgan fingerprint density at radius 1 is 0.862 bits per heavy atom. The van der Waals surface area contributed by atoms with Crippen molar-refractivity contribution in [2.24, 2.45) is 0 Å². The predicted molar refractivity (Wildman–Crippen MR) is 118 cm³/mol.